The van der Waals surface area contributed by atoms with Gasteiger partial charge in [-0.25, -0.2) is 0 Å². The summed E-state index contributed by atoms with van der Waals surface area (Å²) in [4.78, 5) is 3.89. The van der Waals surface area contributed by atoms with E-state index in [1.807, 2.05) is 24.4 Å². The van der Waals surface area contributed by atoms with Crippen LogP contribution >= 0.6 is 0 Å². The molecule has 54 valence electrons. The Balaban J connectivity index is 2.91. The molecule has 0 saturated carbocycles. The van der Waals surface area contributed by atoms with E-state index in [1.165, 1.54) is 6.33 Å². The quantitative estimate of drug-likeness (QED) is 0.408. The predicted octanol–water partition coefficient (Wildman–Crippen LogP) is 0.121. The van der Waals surface area contributed by atoms with Gasteiger partial charge in [-0.3, -0.25) is 4.98 Å². The summed E-state index contributed by atoms with van der Waals surface area (Å²) in [7, 11) is 0. The van der Waals surface area contributed by atoms with E-state index in [-0.39, 0.29) is 0 Å². The third-order valence-electron chi connectivity index (χ3n) is 1.41. The van der Waals surface area contributed by atoms with Crippen LogP contribution in [0.4, 0.5) is 0 Å². The Labute approximate surface area is 69.1 Å². The lowest BCUT2D eigenvalue weighted by Crippen LogP contribution is -2.26. The molecule has 3 nitrogen and oxygen atoms in total. The lowest BCUT2D eigenvalue weighted by molar-refractivity contribution is -0.583. The van der Waals surface area contributed by atoms with Crippen LogP contribution in [0.1, 0.15) is 0 Å². The zero-order valence-electron chi connectivity index (χ0n) is 5.64. The summed E-state index contributed by atoms with van der Waals surface area (Å²) in [5, 5.41) is 4.56. The highest BCUT2D eigenvalue weighted by atomic mass is 32.1. The normalized spacial score (nSPS) is 10.2. The third kappa shape index (κ3) is 1.01. The largest absolute Gasteiger partial charge is 0.754 e. The van der Waals surface area contributed by atoms with Crippen molar-refractivity contribution >= 4 is 18.1 Å². The standard InChI is InChI=1S/C7H5N3S/c11-7-6-3-1-2-4-10(6)9-5-8-7/h1-5H. The van der Waals surface area contributed by atoms with Gasteiger partial charge in [-0.15, -0.1) is 0 Å². The molecule has 2 heterocycles. The molecule has 0 bridgehead atoms. The minimum atomic E-state index is 0.584. The van der Waals surface area contributed by atoms with Gasteiger partial charge >= 0.3 is 0 Å². The van der Waals surface area contributed by atoms with E-state index in [4.69, 9.17) is 12.6 Å². The van der Waals surface area contributed by atoms with Crippen molar-refractivity contribution in [2.75, 3.05) is 0 Å². The number of hydrogen-bond donors (Lipinski definition) is 0. The van der Waals surface area contributed by atoms with E-state index in [2.05, 4.69) is 10.1 Å². The topological polar surface area (TPSA) is 29.9 Å². The van der Waals surface area contributed by atoms with Crippen LogP contribution in [0, 0.1) is 0 Å². The zero-order chi connectivity index (χ0) is 7.68. The van der Waals surface area contributed by atoms with Gasteiger partial charge < -0.3 is 12.6 Å². The van der Waals surface area contributed by atoms with Crippen molar-refractivity contribution < 1.29 is 4.52 Å². The van der Waals surface area contributed by atoms with Crippen LogP contribution in [0.25, 0.3) is 5.52 Å². The van der Waals surface area contributed by atoms with E-state index >= 15 is 0 Å². The summed E-state index contributed by atoms with van der Waals surface area (Å²) in [5.41, 5.74) is 0.866. The van der Waals surface area contributed by atoms with Crippen LogP contribution in [0.2, 0.25) is 0 Å². The number of nitrogens with zero attached hydrogens (tertiary/aromatic N) is 3. The number of fused-ring (bicyclic) bond motifs is 1. The van der Waals surface area contributed by atoms with Crippen molar-refractivity contribution in [3.63, 3.8) is 0 Å². The highest BCUT2D eigenvalue weighted by molar-refractivity contribution is 7.58. The summed E-state index contributed by atoms with van der Waals surface area (Å²) >= 11 is 4.98. The predicted molar refractivity (Wildman–Crippen MR) is 40.8 cm³/mol. The molecule has 2 aromatic heterocycles. The fourth-order valence-corrected chi connectivity index (χ4v) is 1.11. The van der Waals surface area contributed by atoms with Gasteiger partial charge in [-0.2, -0.15) is 0 Å². The summed E-state index contributed by atoms with van der Waals surface area (Å²) in [6.45, 7) is 0. The monoisotopic (exact) mass is 163 g/mol. The van der Waals surface area contributed by atoms with Crippen LogP contribution in [0.15, 0.2) is 35.7 Å². The Bertz CT molecular complexity index is 383. The number of pyridine rings is 1. The Morgan fingerprint density at radius 3 is 3.09 bits per heavy atom. The van der Waals surface area contributed by atoms with Gasteiger partial charge in [0.15, 0.2) is 6.33 Å². The van der Waals surface area contributed by atoms with E-state index in [0.29, 0.717) is 5.03 Å². The third-order valence-corrected chi connectivity index (χ3v) is 1.72. The van der Waals surface area contributed by atoms with Gasteiger partial charge in [0.2, 0.25) is 11.7 Å². The number of aromatic nitrogens is 3. The molecule has 0 aliphatic heterocycles. The van der Waals surface area contributed by atoms with Gasteiger partial charge in [0.05, 0.1) is 0 Å². The Morgan fingerprint density at radius 2 is 2.27 bits per heavy atom. The SMILES string of the molecule is [S-]c1ncn[n+]2ccccc12. The second-order valence-corrected chi connectivity index (χ2v) is 2.48. The lowest BCUT2D eigenvalue weighted by Gasteiger charge is -1.98. The van der Waals surface area contributed by atoms with Crippen molar-refractivity contribution in [1.82, 2.24) is 10.1 Å². The van der Waals surface area contributed by atoms with Crippen LogP contribution in [0.5, 0.6) is 0 Å². The van der Waals surface area contributed by atoms with E-state index in [0.717, 1.165) is 5.52 Å². The van der Waals surface area contributed by atoms with Gasteiger partial charge in [0, 0.05) is 17.2 Å². The van der Waals surface area contributed by atoms with Crippen LogP contribution in [-0.2, 0) is 12.6 Å². The smallest absolute Gasteiger partial charge is 0.236 e. The van der Waals surface area contributed by atoms with Gasteiger partial charge in [-0.05, 0) is 11.1 Å². The Kier molecular flexibility index (Phi) is 1.40. The molecule has 0 N–H and O–H groups in total. The molecule has 0 aliphatic carbocycles. The molecule has 0 unspecified atom stereocenters. The second kappa shape index (κ2) is 2.39. The molecule has 11 heavy (non-hydrogen) atoms. The molecule has 0 atom stereocenters. The molecule has 0 aliphatic rings. The van der Waals surface area contributed by atoms with Crippen LogP contribution in [-0.4, -0.2) is 10.1 Å². The number of rotatable bonds is 0. The fourth-order valence-electron chi connectivity index (χ4n) is 0.905. The van der Waals surface area contributed by atoms with E-state index < -0.39 is 0 Å². The van der Waals surface area contributed by atoms with Crippen LogP contribution < -0.4 is 4.52 Å². The first-order valence-corrected chi connectivity index (χ1v) is 3.57. The van der Waals surface area contributed by atoms with Gasteiger partial charge in [-0.1, -0.05) is 4.52 Å². The van der Waals surface area contributed by atoms with Gasteiger partial charge in [0.1, 0.15) is 0 Å². The molecule has 0 aromatic carbocycles. The van der Waals surface area contributed by atoms with Crippen molar-refractivity contribution in [2.45, 2.75) is 5.03 Å². The summed E-state index contributed by atoms with van der Waals surface area (Å²) in [6, 6.07) is 5.70. The molecular weight excluding hydrogens is 158 g/mol. The maximum atomic E-state index is 4.98. The lowest BCUT2D eigenvalue weighted by atomic mass is 10.4. The Morgan fingerprint density at radius 1 is 1.36 bits per heavy atom. The molecule has 0 spiro atoms. The molecule has 4 heteroatoms. The molecular formula is C7H5N3S. The average molecular weight is 163 g/mol. The highest BCUT2D eigenvalue weighted by Crippen LogP contribution is 1.97. The van der Waals surface area contributed by atoms with Crippen molar-refractivity contribution in [3.05, 3.63) is 30.7 Å². The first-order chi connectivity index (χ1) is 5.38. The maximum absolute atomic E-state index is 4.98. The Hall–Kier alpha value is -1.29. The minimum Gasteiger partial charge on any atom is -0.754 e. The fraction of sp³-hybridized carbons (Fsp3) is 0. The highest BCUT2D eigenvalue weighted by Gasteiger charge is 1.99. The molecule has 0 saturated heterocycles. The molecule has 0 fully saturated rings. The van der Waals surface area contributed by atoms with E-state index in [1.54, 1.807) is 4.52 Å². The van der Waals surface area contributed by atoms with Crippen molar-refractivity contribution in [1.29, 1.82) is 0 Å². The first kappa shape index (κ1) is 6.42. The van der Waals surface area contributed by atoms with E-state index in [9.17, 15) is 0 Å². The summed E-state index contributed by atoms with van der Waals surface area (Å²) in [5.74, 6) is 0. The molecule has 0 radical (unpaired) electrons. The summed E-state index contributed by atoms with van der Waals surface area (Å²) in [6.07, 6.45) is 3.29. The summed E-state index contributed by atoms with van der Waals surface area (Å²) < 4.78 is 1.70. The average Bonchev–Trinajstić information content (AvgIpc) is 2.06. The first-order valence-electron chi connectivity index (χ1n) is 3.16. The molecule has 2 aromatic rings. The van der Waals surface area contributed by atoms with Crippen molar-refractivity contribution in [2.24, 2.45) is 0 Å². The minimum absolute atomic E-state index is 0.584. The molecule has 0 amide bonds. The van der Waals surface area contributed by atoms with Crippen molar-refractivity contribution in [3.8, 4) is 0 Å². The van der Waals surface area contributed by atoms with Crippen LogP contribution in [0.3, 0.4) is 0 Å². The molecule has 2 rings (SSSR count). The second-order valence-electron chi connectivity index (χ2n) is 2.10. The number of hydrogen-bond acceptors (Lipinski definition) is 3. The van der Waals surface area contributed by atoms with Gasteiger partial charge in [0.25, 0.3) is 0 Å². The zero-order valence-corrected chi connectivity index (χ0v) is 6.45. The maximum Gasteiger partial charge on any atom is 0.236 e.